The Hall–Kier alpha value is -1.75. The van der Waals surface area contributed by atoms with E-state index in [1.807, 2.05) is 6.07 Å². The van der Waals surface area contributed by atoms with E-state index in [0.717, 1.165) is 10.7 Å². The summed E-state index contributed by atoms with van der Waals surface area (Å²) < 4.78 is 0. The maximum atomic E-state index is 11.2. The molecule has 0 spiro atoms. The summed E-state index contributed by atoms with van der Waals surface area (Å²) in [6.07, 6.45) is 6.35. The number of imidazole rings is 1. The molecular weight excluding hydrogens is 308 g/mol. The van der Waals surface area contributed by atoms with Crippen molar-refractivity contribution in [1.82, 2.24) is 9.97 Å². The van der Waals surface area contributed by atoms with Gasteiger partial charge in [0.15, 0.2) is 0 Å². The van der Waals surface area contributed by atoms with Gasteiger partial charge in [-0.25, -0.2) is 9.78 Å². The second kappa shape index (κ2) is 6.04. The van der Waals surface area contributed by atoms with Gasteiger partial charge in [-0.3, -0.25) is 0 Å². The molecule has 0 radical (unpaired) electrons. The highest BCUT2D eigenvalue weighted by atomic mass is 32.2. The Bertz CT molecular complexity index is 707. The predicted molar refractivity (Wildman–Crippen MR) is 89.9 cm³/mol. The third-order valence-corrected chi connectivity index (χ3v) is 6.44. The molecule has 2 unspecified atom stereocenters. The molecule has 0 saturated heterocycles. The number of carboxylic acids is 1. The number of hydrogen-bond acceptors (Lipinski definition) is 3. The minimum absolute atomic E-state index is 0.0785. The molecule has 1 aliphatic heterocycles. The van der Waals surface area contributed by atoms with Crippen LogP contribution in [0.3, 0.4) is 0 Å². The molecule has 2 aromatic rings. The van der Waals surface area contributed by atoms with Gasteiger partial charge in [0.2, 0.25) is 5.82 Å². The number of nitrogens with zero attached hydrogens (tertiary/aromatic N) is 1. The van der Waals surface area contributed by atoms with Crippen LogP contribution < -0.4 is 0 Å². The largest absolute Gasteiger partial charge is 0.475 e. The highest BCUT2D eigenvalue weighted by molar-refractivity contribution is 7.99. The summed E-state index contributed by atoms with van der Waals surface area (Å²) in [7, 11) is 0. The van der Waals surface area contributed by atoms with E-state index in [1.54, 1.807) is 11.8 Å². The van der Waals surface area contributed by atoms with Gasteiger partial charge >= 0.3 is 5.97 Å². The molecule has 4 rings (SSSR count). The lowest BCUT2D eigenvalue weighted by molar-refractivity contribution is 0.0684. The lowest BCUT2D eigenvalue weighted by atomic mass is 9.76. The second-order valence-corrected chi connectivity index (χ2v) is 7.61. The van der Waals surface area contributed by atoms with Crippen molar-refractivity contribution in [3.63, 3.8) is 0 Å². The lowest BCUT2D eigenvalue weighted by Gasteiger charge is -2.31. The van der Waals surface area contributed by atoms with Gasteiger partial charge in [0.05, 0.1) is 5.69 Å². The van der Waals surface area contributed by atoms with Crippen LogP contribution in [0.5, 0.6) is 0 Å². The average Bonchev–Trinajstić information content (AvgIpc) is 3.14. The molecule has 2 N–H and O–H groups in total. The molecule has 4 nitrogen and oxygen atoms in total. The predicted octanol–water partition coefficient (Wildman–Crippen LogP) is 4.62. The van der Waals surface area contributed by atoms with Crippen molar-refractivity contribution in [1.29, 1.82) is 0 Å². The number of aromatic nitrogens is 2. The van der Waals surface area contributed by atoms with Crippen LogP contribution in [0, 0.1) is 5.92 Å². The Morgan fingerprint density at radius 3 is 2.61 bits per heavy atom. The number of carbonyl (C=O) groups is 1. The monoisotopic (exact) mass is 328 g/mol. The summed E-state index contributed by atoms with van der Waals surface area (Å²) in [5, 5.41) is 10.4. The van der Waals surface area contributed by atoms with E-state index in [4.69, 9.17) is 0 Å². The van der Waals surface area contributed by atoms with Gasteiger partial charge in [0.1, 0.15) is 5.03 Å². The Kier molecular flexibility index (Phi) is 3.89. The fraction of sp³-hybridized carbons (Fsp3) is 0.444. The highest BCUT2D eigenvalue weighted by Crippen LogP contribution is 2.58. The van der Waals surface area contributed by atoms with E-state index in [1.165, 1.54) is 37.7 Å². The third kappa shape index (κ3) is 2.67. The minimum Gasteiger partial charge on any atom is -0.475 e. The summed E-state index contributed by atoms with van der Waals surface area (Å²) in [6, 6.07) is 10.6. The average molecular weight is 328 g/mol. The van der Waals surface area contributed by atoms with E-state index in [-0.39, 0.29) is 5.82 Å². The molecule has 2 atom stereocenters. The zero-order valence-corrected chi connectivity index (χ0v) is 13.7. The van der Waals surface area contributed by atoms with Crippen molar-refractivity contribution in [3.8, 4) is 0 Å². The Balaban J connectivity index is 1.72. The maximum Gasteiger partial charge on any atom is 0.371 e. The minimum atomic E-state index is -0.973. The van der Waals surface area contributed by atoms with E-state index in [0.29, 0.717) is 17.1 Å². The van der Waals surface area contributed by atoms with Crippen LogP contribution in [0.15, 0.2) is 35.4 Å². The first kappa shape index (κ1) is 14.8. The van der Waals surface area contributed by atoms with Crippen LogP contribution in [-0.4, -0.2) is 21.0 Å². The fourth-order valence-electron chi connectivity index (χ4n) is 4.03. The lowest BCUT2D eigenvalue weighted by Crippen LogP contribution is -2.19. The molecule has 0 amide bonds. The first-order valence-corrected chi connectivity index (χ1v) is 9.17. The normalized spacial score (nSPS) is 24.5. The van der Waals surface area contributed by atoms with Crippen molar-refractivity contribution in [3.05, 3.63) is 47.4 Å². The van der Waals surface area contributed by atoms with E-state index >= 15 is 0 Å². The molecule has 1 aromatic carbocycles. The van der Waals surface area contributed by atoms with Crippen LogP contribution in [-0.2, 0) is 0 Å². The van der Waals surface area contributed by atoms with Crippen molar-refractivity contribution in [2.75, 3.05) is 0 Å². The SMILES string of the molecule is O=C(O)c1nc2c([nH]1)C(C1CCCCC1)C(c1ccccc1)S2. The van der Waals surface area contributed by atoms with Crippen LogP contribution in [0.25, 0.3) is 0 Å². The van der Waals surface area contributed by atoms with Gasteiger partial charge in [0.25, 0.3) is 0 Å². The van der Waals surface area contributed by atoms with Gasteiger partial charge in [-0.05, 0) is 24.3 Å². The van der Waals surface area contributed by atoms with Gasteiger partial charge in [-0.2, -0.15) is 0 Å². The van der Waals surface area contributed by atoms with Crippen LogP contribution >= 0.6 is 11.8 Å². The third-order valence-electron chi connectivity index (χ3n) is 5.08. The molecule has 2 heterocycles. The molecule has 23 heavy (non-hydrogen) atoms. The van der Waals surface area contributed by atoms with Gasteiger partial charge in [-0.15, -0.1) is 0 Å². The molecule has 1 aliphatic carbocycles. The highest BCUT2D eigenvalue weighted by Gasteiger charge is 2.42. The van der Waals surface area contributed by atoms with E-state index in [9.17, 15) is 9.90 Å². The zero-order valence-electron chi connectivity index (χ0n) is 12.9. The van der Waals surface area contributed by atoms with Crippen molar-refractivity contribution < 1.29 is 9.90 Å². The number of aromatic carboxylic acids is 1. The van der Waals surface area contributed by atoms with Crippen molar-refractivity contribution in [2.24, 2.45) is 5.92 Å². The number of rotatable bonds is 3. The number of nitrogens with one attached hydrogen (secondary N) is 1. The van der Waals surface area contributed by atoms with Crippen LogP contribution in [0.1, 0.15) is 65.1 Å². The van der Waals surface area contributed by atoms with Crippen molar-refractivity contribution >= 4 is 17.7 Å². The quantitative estimate of drug-likeness (QED) is 0.863. The maximum absolute atomic E-state index is 11.2. The zero-order chi connectivity index (χ0) is 15.8. The number of thioether (sulfide) groups is 1. The fourth-order valence-corrected chi connectivity index (χ4v) is 5.52. The molecular formula is C18H20N2O2S. The number of H-pyrrole nitrogens is 1. The van der Waals surface area contributed by atoms with E-state index in [2.05, 4.69) is 34.2 Å². The van der Waals surface area contributed by atoms with Crippen LogP contribution in [0.4, 0.5) is 0 Å². The number of benzene rings is 1. The number of hydrogen-bond donors (Lipinski definition) is 2. The Morgan fingerprint density at radius 2 is 1.91 bits per heavy atom. The standard InChI is InChI=1S/C18H20N2O2S/c21-18(22)16-19-14-13(11-7-3-1-4-8-11)15(23-17(14)20-16)12-9-5-2-6-10-12/h2,5-6,9-11,13,15H,1,3-4,7-8H2,(H,19,20)(H,21,22). The molecule has 1 aromatic heterocycles. The molecule has 5 heteroatoms. The summed E-state index contributed by atoms with van der Waals surface area (Å²) in [5.74, 6) is 0.0663. The van der Waals surface area contributed by atoms with Gasteiger partial charge < -0.3 is 10.1 Å². The topological polar surface area (TPSA) is 66.0 Å². The van der Waals surface area contributed by atoms with Crippen LogP contribution in [0.2, 0.25) is 0 Å². The van der Waals surface area contributed by atoms with Gasteiger partial charge in [0, 0.05) is 11.2 Å². The molecule has 0 bridgehead atoms. The molecule has 1 fully saturated rings. The van der Waals surface area contributed by atoms with E-state index < -0.39 is 5.97 Å². The number of fused-ring (bicyclic) bond motifs is 1. The second-order valence-electron chi connectivity index (χ2n) is 6.48. The summed E-state index contributed by atoms with van der Waals surface area (Å²) in [5.41, 5.74) is 2.37. The number of aromatic amines is 1. The molecule has 120 valence electrons. The van der Waals surface area contributed by atoms with Crippen molar-refractivity contribution in [2.45, 2.75) is 48.3 Å². The number of carboxylic acid groups (broad SMARTS) is 1. The Labute approximate surface area is 139 Å². The first-order valence-electron chi connectivity index (χ1n) is 8.29. The molecule has 1 saturated carbocycles. The summed E-state index contributed by atoms with van der Waals surface area (Å²) >= 11 is 1.72. The summed E-state index contributed by atoms with van der Waals surface area (Å²) in [6.45, 7) is 0. The summed E-state index contributed by atoms with van der Waals surface area (Å²) in [4.78, 5) is 18.7. The van der Waals surface area contributed by atoms with Gasteiger partial charge in [-0.1, -0.05) is 61.4 Å². The molecule has 2 aliphatic rings. The first-order chi connectivity index (χ1) is 11.2. The Morgan fingerprint density at radius 1 is 1.17 bits per heavy atom. The smallest absolute Gasteiger partial charge is 0.371 e.